The van der Waals surface area contributed by atoms with Crippen LogP contribution < -0.4 is 4.72 Å². The van der Waals surface area contributed by atoms with Gasteiger partial charge in [0.05, 0.1) is 15.5 Å². The second-order valence-corrected chi connectivity index (χ2v) is 6.65. The van der Waals surface area contributed by atoms with Crippen LogP contribution in [-0.2, 0) is 16.4 Å². The van der Waals surface area contributed by atoms with Crippen LogP contribution in [0.15, 0.2) is 40.7 Å². The first-order chi connectivity index (χ1) is 9.49. The molecule has 2 aromatic rings. The summed E-state index contributed by atoms with van der Waals surface area (Å²) in [6.45, 7) is 0.247. The van der Waals surface area contributed by atoms with E-state index in [4.69, 9.17) is 5.11 Å². The molecule has 0 bridgehead atoms. The number of nitrogens with zero attached hydrogens (tertiary/aromatic N) is 1. The van der Waals surface area contributed by atoms with Crippen molar-refractivity contribution in [3.8, 4) is 0 Å². The van der Waals surface area contributed by atoms with E-state index >= 15 is 0 Å². The number of aromatic nitrogens is 1. The van der Waals surface area contributed by atoms with E-state index in [0.29, 0.717) is 6.42 Å². The van der Waals surface area contributed by atoms with Gasteiger partial charge in [-0.1, -0.05) is 0 Å². The van der Waals surface area contributed by atoms with Crippen LogP contribution in [0.1, 0.15) is 15.4 Å². The van der Waals surface area contributed by atoms with Crippen LogP contribution >= 0.6 is 11.3 Å². The molecule has 0 fully saturated rings. The molecule has 0 spiro atoms. The summed E-state index contributed by atoms with van der Waals surface area (Å²) in [7, 11) is -3.62. The number of nitrogens with one attached hydrogen (secondary N) is 1. The van der Waals surface area contributed by atoms with Gasteiger partial charge in [0, 0.05) is 24.5 Å². The molecule has 0 saturated carbocycles. The van der Waals surface area contributed by atoms with Gasteiger partial charge in [0.2, 0.25) is 10.0 Å². The molecule has 8 heteroatoms. The van der Waals surface area contributed by atoms with Gasteiger partial charge >= 0.3 is 5.97 Å². The minimum Gasteiger partial charge on any atom is -0.478 e. The maximum Gasteiger partial charge on any atom is 0.335 e. The number of carboxylic acid groups (broad SMARTS) is 1. The van der Waals surface area contributed by atoms with Crippen molar-refractivity contribution in [3.63, 3.8) is 0 Å². The van der Waals surface area contributed by atoms with E-state index in [1.165, 1.54) is 35.6 Å². The van der Waals surface area contributed by atoms with Gasteiger partial charge in [0.25, 0.3) is 0 Å². The largest absolute Gasteiger partial charge is 0.478 e. The van der Waals surface area contributed by atoms with Gasteiger partial charge in [-0.05, 0) is 24.3 Å². The second-order valence-electron chi connectivity index (χ2n) is 3.90. The van der Waals surface area contributed by atoms with Gasteiger partial charge in [-0.25, -0.2) is 22.9 Å². The minimum atomic E-state index is -3.62. The molecule has 1 aromatic heterocycles. The van der Waals surface area contributed by atoms with Crippen molar-refractivity contribution >= 4 is 27.3 Å². The Morgan fingerprint density at radius 3 is 2.55 bits per heavy atom. The predicted molar refractivity (Wildman–Crippen MR) is 74.4 cm³/mol. The number of carbonyl (C=O) groups is 1. The zero-order chi connectivity index (χ0) is 14.6. The Balaban J connectivity index is 2.00. The third-order valence-corrected chi connectivity index (χ3v) is 4.84. The molecule has 0 amide bonds. The number of hydrogen-bond acceptors (Lipinski definition) is 5. The van der Waals surface area contributed by atoms with Crippen LogP contribution in [0, 0.1) is 0 Å². The topological polar surface area (TPSA) is 96.4 Å². The van der Waals surface area contributed by atoms with Crippen LogP contribution in [0.2, 0.25) is 0 Å². The Morgan fingerprint density at radius 1 is 1.30 bits per heavy atom. The first kappa shape index (κ1) is 14.6. The van der Waals surface area contributed by atoms with Crippen LogP contribution in [0.4, 0.5) is 0 Å². The summed E-state index contributed by atoms with van der Waals surface area (Å²) in [6.07, 6.45) is 2.18. The maximum atomic E-state index is 12.0. The van der Waals surface area contributed by atoms with Crippen molar-refractivity contribution in [2.24, 2.45) is 0 Å². The molecule has 106 valence electrons. The molecule has 0 aliphatic carbocycles. The minimum absolute atomic E-state index is 0.0432. The van der Waals surface area contributed by atoms with E-state index in [2.05, 4.69) is 9.71 Å². The molecule has 2 rings (SSSR count). The van der Waals surface area contributed by atoms with Gasteiger partial charge in [0.15, 0.2) is 0 Å². The summed E-state index contributed by atoms with van der Waals surface area (Å²) < 4.78 is 26.4. The number of thiazole rings is 1. The van der Waals surface area contributed by atoms with E-state index in [0.717, 1.165) is 5.01 Å². The predicted octanol–water partition coefficient (Wildman–Crippen LogP) is 1.36. The number of carboxylic acids is 1. The van der Waals surface area contributed by atoms with Crippen molar-refractivity contribution < 1.29 is 18.3 Å². The number of hydrogen-bond donors (Lipinski definition) is 2. The fourth-order valence-electron chi connectivity index (χ4n) is 1.53. The molecule has 0 radical (unpaired) electrons. The van der Waals surface area contributed by atoms with Gasteiger partial charge in [-0.2, -0.15) is 0 Å². The van der Waals surface area contributed by atoms with E-state index < -0.39 is 16.0 Å². The third kappa shape index (κ3) is 3.62. The number of aromatic carboxylic acids is 1. The lowest BCUT2D eigenvalue weighted by atomic mass is 10.2. The standard InChI is InChI=1S/C12H12N2O4S2/c15-12(16)9-1-3-10(4-2-9)20(17,18)14-6-5-11-13-7-8-19-11/h1-4,7-8,14H,5-6H2,(H,15,16). The number of sulfonamides is 1. The molecule has 0 saturated heterocycles. The Kier molecular flexibility index (Phi) is 4.48. The zero-order valence-electron chi connectivity index (χ0n) is 10.3. The Labute approximate surface area is 120 Å². The van der Waals surface area contributed by atoms with Crippen molar-refractivity contribution in [1.82, 2.24) is 9.71 Å². The quantitative estimate of drug-likeness (QED) is 0.839. The van der Waals surface area contributed by atoms with Crippen LogP contribution in [0.25, 0.3) is 0 Å². The molecule has 0 atom stereocenters. The van der Waals surface area contributed by atoms with E-state index in [1.807, 2.05) is 5.38 Å². The Morgan fingerprint density at radius 2 is 2.00 bits per heavy atom. The van der Waals surface area contributed by atoms with Gasteiger partial charge in [-0.3, -0.25) is 0 Å². The number of rotatable bonds is 6. The smallest absolute Gasteiger partial charge is 0.335 e. The summed E-state index contributed by atoms with van der Waals surface area (Å²) in [5.74, 6) is -1.09. The highest BCUT2D eigenvalue weighted by molar-refractivity contribution is 7.89. The molecule has 0 aliphatic heterocycles. The summed E-state index contributed by atoms with van der Waals surface area (Å²) in [4.78, 5) is 14.8. The van der Waals surface area contributed by atoms with Crippen LogP contribution in [-0.4, -0.2) is 31.0 Å². The average molecular weight is 312 g/mol. The SMILES string of the molecule is O=C(O)c1ccc(S(=O)(=O)NCCc2nccs2)cc1. The van der Waals surface area contributed by atoms with Crippen molar-refractivity contribution in [2.45, 2.75) is 11.3 Å². The van der Waals surface area contributed by atoms with Gasteiger partial charge < -0.3 is 5.11 Å². The molecule has 6 nitrogen and oxygen atoms in total. The van der Waals surface area contributed by atoms with E-state index in [-0.39, 0.29) is 17.0 Å². The molecule has 2 N–H and O–H groups in total. The molecule has 0 unspecified atom stereocenters. The summed E-state index contributed by atoms with van der Waals surface area (Å²) in [5, 5.41) is 11.4. The lowest BCUT2D eigenvalue weighted by Crippen LogP contribution is -2.26. The molecule has 0 aliphatic rings. The van der Waals surface area contributed by atoms with Gasteiger partial charge in [-0.15, -0.1) is 11.3 Å². The normalized spacial score (nSPS) is 11.4. The lowest BCUT2D eigenvalue weighted by molar-refractivity contribution is 0.0696. The highest BCUT2D eigenvalue weighted by atomic mass is 32.2. The van der Waals surface area contributed by atoms with Crippen LogP contribution in [0.5, 0.6) is 0 Å². The van der Waals surface area contributed by atoms with Crippen molar-refractivity contribution in [2.75, 3.05) is 6.54 Å². The third-order valence-electron chi connectivity index (χ3n) is 2.53. The molecular formula is C12H12N2O4S2. The lowest BCUT2D eigenvalue weighted by Gasteiger charge is -2.06. The molecule has 1 heterocycles. The first-order valence-corrected chi connectivity index (χ1v) is 8.07. The number of benzene rings is 1. The Bertz CT molecular complexity index is 679. The second kappa shape index (κ2) is 6.12. The fraction of sp³-hybridized carbons (Fsp3) is 0.167. The van der Waals surface area contributed by atoms with E-state index in [1.54, 1.807) is 6.20 Å². The monoisotopic (exact) mass is 312 g/mol. The molecule has 20 heavy (non-hydrogen) atoms. The maximum absolute atomic E-state index is 12.0. The van der Waals surface area contributed by atoms with Crippen molar-refractivity contribution in [3.05, 3.63) is 46.4 Å². The summed E-state index contributed by atoms with van der Waals surface area (Å²) >= 11 is 1.46. The summed E-state index contributed by atoms with van der Waals surface area (Å²) in [5.41, 5.74) is 0.0479. The molecular weight excluding hydrogens is 300 g/mol. The highest BCUT2D eigenvalue weighted by Crippen LogP contribution is 2.11. The van der Waals surface area contributed by atoms with E-state index in [9.17, 15) is 13.2 Å². The first-order valence-electron chi connectivity index (χ1n) is 5.70. The summed E-state index contributed by atoms with van der Waals surface area (Å²) in [6, 6.07) is 5.07. The van der Waals surface area contributed by atoms with Crippen molar-refractivity contribution in [1.29, 1.82) is 0 Å². The average Bonchev–Trinajstić information content (AvgIpc) is 2.92. The van der Waals surface area contributed by atoms with Crippen LogP contribution in [0.3, 0.4) is 0 Å². The highest BCUT2D eigenvalue weighted by Gasteiger charge is 2.14. The molecule has 1 aromatic carbocycles. The van der Waals surface area contributed by atoms with Gasteiger partial charge in [0.1, 0.15) is 0 Å². The Hall–Kier alpha value is -1.77. The zero-order valence-corrected chi connectivity index (χ0v) is 11.9. The fourth-order valence-corrected chi connectivity index (χ4v) is 3.18.